The summed E-state index contributed by atoms with van der Waals surface area (Å²) in [6.07, 6.45) is 0.451. The predicted octanol–water partition coefficient (Wildman–Crippen LogP) is 1.21. The highest BCUT2D eigenvalue weighted by molar-refractivity contribution is 7.91. The van der Waals surface area contributed by atoms with Crippen molar-refractivity contribution in [2.45, 2.75) is 12.5 Å². The van der Waals surface area contributed by atoms with Crippen molar-refractivity contribution in [3.63, 3.8) is 0 Å². The average Bonchev–Trinajstić information content (AvgIpc) is 2.78. The van der Waals surface area contributed by atoms with Crippen LogP contribution in [0.5, 0.6) is 0 Å². The van der Waals surface area contributed by atoms with E-state index in [4.69, 9.17) is 5.26 Å². The van der Waals surface area contributed by atoms with Crippen LogP contribution in [0, 0.1) is 11.3 Å². The molecular weight excluding hydrogens is 278 g/mol. The van der Waals surface area contributed by atoms with Crippen LogP contribution >= 0.6 is 0 Å². The Labute approximate surface area is 117 Å². The molecule has 0 spiro atoms. The highest BCUT2D eigenvalue weighted by Crippen LogP contribution is 2.19. The van der Waals surface area contributed by atoms with Gasteiger partial charge >= 0.3 is 6.03 Å². The first-order chi connectivity index (χ1) is 9.43. The standard InChI is InChI=1S/C13H15N3O3S/c1-16(11-6-7-20(18,19)9-11)13(17)15-12-5-3-2-4-10(12)8-14/h2-5,11H,6-7,9H2,1H3,(H,15,17). The van der Waals surface area contributed by atoms with Crippen molar-refractivity contribution in [2.24, 2.45) is 0 Å². The summed E-state index contributed by atoms with van der Waals surface area (Å²) in [4.78, 5) is 13.5. The molecule has 0 saturated carbocycles. The van der Waals surface area contributed by atoms with Crippen LogP contribution < -0.4 is 5.32 Å². The summed E-state index contributed by atoms with van der Waals surface area (Å²) < 4.78 is 22.9. The number of anilines is 1. The van der Waals surface area contributed by atoms with E-state index in [0.717, 1.165) is 0 Å². The van der Waals surface area contributed by atoms with Gasteiger partial charge in [0, 0.05) is 13.1 Å². The van der Waals surface area contributed by atoms with E-state index in [9.17, 15) is 13.2 Å². The Morgan fingerprint density at radius 3 is 2.75 bits per heavy atom. The second kappa shape index (κ2) is 5.51. The van der Waals surface area contributed by atoms with E-state index < -0.39 is 15.9 Å². The molecule has 0 radical (unpaired) electrons. The molecular formula is C13H15N3O3S. The molecule has 2 rings (SSSR count). The van der Waals surface area contributed by atoms with Crippen LogP contribution in [0.3, 0.4) is 0 Å². The summed E-state index contributed by atoms with van der Waals surface area (Å²) in [7, 11) is -1.47. The predicted molar refractivity (Wildman–Crippen MR) is 75.0 cm³/mol. The van der Waals surface area contributed by atoms with Crippen LogP contribution in [0.4, 0.5) is 10.5 Å². The molecule has 1 aliphatic rings. The van der Waals surface area contributed by atoms with Crippen LogP contribution in [-0.4, -0.2) is 43.9 Å². The van der Waals surface area contributed by atoms with Gasteiger partial charge in [0.25, 0.3) is 0 Å². The maximum absolute atomic E-state index is 12.1. The van der Waals surface area contributed by atoms with Crippen LogP contribution in [-0.2, 0) is 9.84 Å². The second-order valence-electron chi connectivity index (χ2n) is 4.76. The van der Waals surface area contributed by atoms with Crippen LogP contribution in [0.25, 0.3) is 0 Å². The Bertz CT molecular complexity index is 664. The smallest absolute Gasteiger partial charge is 0.321 e. The summed E-state index contributed by atoms with van der Waals surface area (Å²) in [6, 6.07) is 7.94. The van der Waals surface area contributed by atoms with E-state index in [1.165, 1.54) is 4.90 Å². The SMILES string of the molecule is CN(C(=O)Nc1ccccc1C#N)C1CCS(=O)(=O)C1. The number of nitriles is 1. The number of hydrogen-bond donors (Lipinski definition) is 1. The van der Waals surface area contributed by atoms with Crippen molar-refractivity contribution in [3.8, 4) is 6.07 Å². The van der Waals surface area contributed by atoms with E-state index in [0.29, 0.717) is 17.7 Å². The van der Waals surface area contributed by atoms with Crippen molar-refractivity contribution in [2.75, 3.05) is 23.9 Å². The fraction of sp³-hybridized carbons (Fsp3) is 0.385. The zero-order chi connectivity index (χ0) is 14.8. The van der Waals surface area contributed by atoms with Crippen LogP contribution in [0.1, 0.15) is 12.0 Å². The molecule has 1 aromatic carbocycles. The van der Waals surface area contributed by atoms with E-state index >= 15 is 0 Å². The van der Waals surface area contributed by atoms with Gasteiger partial charge in [-0.05, 0) is 18.6 Å². The molecule has 6 nitrogen and oxygen atoms in total. The van der Waals surface area contributed by atoms with Crippen molar-refractivity contribution < 1.29 is 13.2 Å². The second-order valence-corrected chi connectivity index (χ2v) is 6.98. The molecule has 2 amide bonds. The highest BCUT2D eigenvalue weighted by atomic mass is 32.2. The molecule has 1 unspecified atom stereocenters. The quantitative estimate of drug-likeness (QED) is 0.887. The lowest BCUT2D eigenvalue weighted by Crippen LogP contribution is -2.40. The lowest BCUT2D eigenvalue weighted by Gasteiger charge is -2.23. The molecule has 7 heteroatoms. The van der Waals surface area contributed by atoms with Crippen molar-refractivity contribution >= 4 is 21.6 Å². The lowest BCUT2D eigenvalue weighted by molar-refractivity contribution is 0.209. The molecule has 1 aliphatic heterocycles. The normalized spacial score (nSPS) is 20.1. The molecule has 0 bridgehead atoms. The third kappa shape index (κ3) is 3.08. The molecule has 1 saturated heterocycles. The highest BCUT2D eigenvalue weighted by Gasteiger charge is 2.32. The zero-order valence-electron chi connectivity index (χ0n) is 11.0. The zero-order valence-corrected chi connectivity index (χ0v) is 11.9. The topological polar surface area (TPSA) is 90.3 Å². The molecule has 106 valence electrons. The number of amides is 2. The first-order valence-corrected chi connectivity index (χ1v) is 7.98. The van der Waals surface area contributed by atoms with E-state index in [2.05, 4.69) is 5.32 Å². The summed E-state index contributed by atoms with van der Waals surface area (Å²) in [5.41, 5.74) is 0.793. The third-order valence-electron chi connectivity index (χ3n) is 3.37. The Balaban J connectivity index is 2.07. The molecule has 1 atom stereocenters. The number of hydrogen-bond acceptors (Lipinski definition) is 4. The van der Waals surface area contributed by atoms with Gasteiger partial charge in [-0.2, -0.15) is 5.26 Å². The van der Waals surface area contributed by atoms with Crippen molar-refractivity contribution in [1.82, 2.24) is 4.90 Å². The van der Waals surface area contributed by atoms with Gasteiger partial charge in [0.05, 0.1) is 22.8 Å². The fourth-order valence-corrected chi connectivity index (χ4v) is 3.91. The lowest BCUT2D eigenvalue weighted by atomic mass is 10.2. The Morgan fingerprint density at radius 2 is 2.15 bits per heavy atom. The number of benzene rings is 1. The van der Waals surface area contributed by atoms with Crippen LogP contribution in [0.2, 0.25) is 0 Å². The molecule has 1 aromatic rings. The van der Waals surface area contributed by atoms with Crippen molar-refractivity contribution in [1.29, 1.82) is 5.26 Å². The van der Waals surface area contributed by atoms with Gasteiger partial charge in [-0.3, -0.25) is 0 Å². The monoisotopic (exact) mass is 293 g/mol. The number of urea groups is 1. The first kappa shape index (κ1) is 14.3. The number of nitrogens with zero attached hydrogens (tertiary/aromatic N) is 2. The maximum Gasteiger partial charge on any atom is 0.321 e. The third-order valence-corrected chi connectivity index (χ3v) is 5.12. The number of para-hydroxylation sites is 1. The van der Waals surface area contributed by atoms with E-state index in [1.807, 2.05) is 6.07 Å². The maximum atomic E-state index is 12.1. The van der Waals surface area contributed by atoms with Gasteiger partial charge in [-0.25, -0.2) is 13.2 Å². The van der Waals surface area contributed by atoms with E-state index in [1.54, 1.807) is 31.3 Å². The molecule has 1 fully saturated rings. The Kier molecular flexibility index (Phi) is 3.95. The molecule has 1 heterocycles. The number of rotatable bonds is 2. The minimum absolute atomic E-state index is 0.00316. The summed E-state index contributed by atoms with van der Waals surface area (Å²) in [5.74, 6) is 0.112. The number of carbonyl (C=O) groups excluding carboxylic acids is 1. The van der Waals surface area contributed by atoms with Gasteiger partial charge < -0.3 is 10.2 Å². The van der Waals surface area contributed by atoms with Crippen LogP contribution in [0.15, 0.2) is 24.3 Å². The van der Waals surface area contributed by atoms with Gasteiger partial charge in [0.2, 0.25) is 0 Å². The number of sulfone groups is 1. The number of nitrogens with one attached hydrogen (secondary N) is 1. The fourth-order valence-electron chi connectivity index (χ4n) is 2.14. The Hall–Kier alpha value is -2.07. The number of carbonyl (C=O) groups is 1. The summed E-state index contributed by atoms with van der Waals surface area (Å²) in [5, 5.41) is 11.6. The van der Waals surface area contributed by atoms with Crippen molar-refractivity contribution in [3.05, 3.63) is 29.8 Å². The molecule has 20 heavy (non-hydrogen) atoms. The largest absolute Gasteiger partial charge is 0.324 e. The summed E-state index contributed by atoms with van der Waals surface area (Å²) in [6.45, 7) is 0. The van der Waals surface area contributed by atoms with Gasteiger partial charge in [0.15, 0.2) is 9.84 Å². The van der Waals surface area contributed by atoms with Gasteiger partial charge in [0.1, 0.15) is 6.07 Å². The minimum Gasteiger partial charge on any atom is -0.324 e. The molecule has 1 N–H and O–H groups in total. The first-order valence-electron chi connectivity index (χ1n) is 6.16. The summed E-state index contributed by atoms with van der Waals surface area (Å²) >= 11 is 0. The van der Waals surface area contributed by atoms with E-state index in [-0.39, 0.29) is 17.5 Å². The van der Waals surface area contributed by atoms with Gasteiger partial charge in [-0.1, -0.05) is 12.1 Å². The molecule has 0 aliphatic carbocycles. The molecule has 0 aromatic heterocycles. The van der Waals surface area contributed by atoms with Gasteiger partial charge in [-0.15, -0.1) is 0 Å². The average molecular weight is 293 g/mol. The minimum atomic E-state index is -3.03. The Morgan fingerprint density at radius 1 is 1.45 bits per heavy atom.